The maximum atomic E-state index is 12.8. The largest absolute Gasteiger partial charge is 0.506 e. The maximum absolute atomic E-state index is 12.8. The predicted octanol–water partition coefficient (Wildman–Crippen LogP) is 4.92. The smallest absolute Gasteiger partial charge is 0.202 e. The van der Waals surface area contributed by atoms with E-state index >= 15 is 0 Å². The molecule has 0 unspecified atom stereocenters. The summed E-state index contributed by atoms with van der Waals surface area (Å²) in [7, 11) is 0. The molecule has 0 saturated heterocycles. The fourth-order valence-corrected chi connectivity index (χ4v) is 5.04. The second-order valence-corrected chi connectivity index (χ2v) is 7.95. The fourth-order valence-electron chi connectivity index (χ4n) is 2.35. The molecule has 0 spiro atoms. The molecule has 0 aromatic heterocycles. The minimum Gasteiger partial charge on any atom is -0.506 e. The quantitative estimate of drug-likeness (QED) is 0.413. The molecule has 2 aromatic rings. The van der Waals surface area contributed by atoms with Crippen LogP contribution < -0.4 is 0 Å². The summed E-state index contributed by atoms with van der Waals surface area (Å²) >= 11 is 12.8. The maximum Gasteiger partial charge on any atom is 0.202 e. The van der Waals surface area contributed by atoms with E-state index in [2.05, 4.69) is 63.7 Å². The summed E-state index contributed by atoms with van der Waals surface area (Å²) in [5, 5.41) is 20.3. The Morgan fingerprint density at radius 3 is 1.27 bits per heavy atom. The topological polar surface area (TPSA) is 74.6 Å². The zero-order valence-corrected chi connectivity index (χ0v) is 16.7. The van der Waals surface area contributed by atoms with Crippen molar-refractivity contribution in [1.82, 2.24) is 0 Å². The summed E-state index contributed by atoms with van der Waals surface area (Å²) in [5.41, 5.74) is -0.139. The van der Waals surface area contributed by atoms with E-state index in [4.69, 9.17) is 0 Å². The van der Waals surface area contributed by atoms with Crippen molar-refractivity contribution in [2.24, 2.45) is 0 Å². The van der Waals surface area contributed by atoms with E-state index in [9.17, 15) is 19.8 Å². The molecule has 3 rings (SSSR count). The van der Waals surface area contributed by atoms with Crippen molar-refractivity contribution in [2.75, 3.05) is 0 Å². The van der Waals surface area contributed by atoms with Crippen LogP contribution in [0.15, 0.2) is 30.0 Å². The molecule has 2 aromatic carbocycles. The van der Waals surface area contributed by atoms with Gasteiger partial charge in [-0.05, 0) is 75.9 Å². The summed E-state index contributed by atoms with van der Waals surface area (Å²) in [4.78, 5) is 25.5. The highest BCUT2D eigenvalue weighted by Crippen LogP contribution is 2.46. The molecule has 0 atom stereocenters. The van der Waals surface area contributed by atoms with Gasteiger partial charge in [0, 0.05) is 8.95 Å². The van der Waals surface area contributed by atoms with Crippen molar-refractivity contribution < 1.29 is 19.8 Å². The van der Waals surface area contributed by atoms with E-state index < -0.39 is 11.6 Å². The standard InChI is InChI=1S/C14H4Br4O4/c15-3-1-5(17)11(19)9-7(3)13(21)8-4(16)2-6(18)12(20)10(8)14(9)22/h1-2,19-20H. The number of phenols is 2. The first-order valence-corrected chi connectivity index (χ1v) is 8.94. The van der Waals surface area contributed by atoms with Crippen LogP contribution in [0.3, 0.4) is 0 Å². The summed E-state index contributed by atoms with van der Waals surface area (Å²) in [5.74, 6) is -1.76. The summed E-state index contributed by atoms with van der Waals surface area (Å²) in [6.45, 7) is 0. The molecule has 22 heavy (non-hydrogen) atoms. The van der Waals surface area contributed by atoms with Crippen LogP contribution in [0.25, 0.3) is 0 Å². The van der Waals surface area contributed by atoms with E-state index in [1.807, 2.05) is 0 Å². The lowest BCUT2D eigenvalue weighted by molar-refractivity contribution is 0.0972. The second-order valence-electron chi connectivity index (χ2n) is 4.54. The van der Waals surface area contributed by atoms with E-state index in [0.717, 1.165) is 0 Å². The van der Waals surface area contributed by atoms with Gasteiger partial charge in [0.2, 0.25) is 5.78 Å². The van der Waals surface area contributed by atoms with E-state index in [-0.39, 0.29) is 42.7 Å². The number of fused-ring (bicyclic) bond motifs is 2. The van der Waals surface area contributed by atoms with Crippen molar-refractivity contribution in [1.29, 1.82) is 0 Å². The lowest BCUT2D eigenvalue weighted by atomic mass is 9.83. The van der Waals surface area contributed by atoms with Gasteiger partial charge in [-0.2, -0.15) is 0 Å². The van der Waals surface area contributed by atoms with Gasteiger partial charge in [-0.3, -0.25) is 9.59 Å². The Morgan fingerprint density at radius 1 is 0.591 bits per heavy atom. The monoisotopic (exact) mass is 552 g/mol. The highest BCUT2D eigenvalue weighted by molar-refractivity contribution is 9.11. The first-order valence-electron chi connectivity index (χ1n) is 5.77. The Kier molecular flexibility index (Phi) is 3.99. The number of ketones is 2. The molecule has 112 valence electrons. The number of halogens is 4. The van der Waals surface area contributed by atoms with E-state index in [1.54, 1.807) is 0 Å². The van der Waals surface area contributed by atoms with E-state index in [0.29, 0.717) is 8.95 Å². The van der Waals surface area contributed by atoms with Crippen LogP contribution in [0.4, 0.5) is 0 Å². The summed E-state index contributed by atoms with van der Waals surface area (Å²) in [6.07, 6.45) is 0. The zero-order chi connectivity index (χ0) is 16.3. The molecule has 0 amide bonds. The predicted molar refractivity (Wildman–Crippen MR) is 93.9 cm³/mol. The molecule has 0 heterocycles. The zero-order valence-electron chi connectivity index (χ0n) is 10.4. The van der Waals surface area contributed by atoms with Crippen LogP contribution >= 0.6 is 63.7 Å². The Labute approximate surface area is 158 Å². The molecular weight excluding hydrogens is 552 g/mol. The molecule has 2 N–H and O–H groups in total. The minimum absolute atomic E-state index is 0.0700. The van der Waals surface area contributed by atoms with Crippen molar-refractivity contribution in [2.45, 2.75) is 0 Å². The van der Waals surface area contributed by atoms with Crippen molar-refractivity contribution in [3.05, 3.63) is 52.3 Å². The van der Waals surface area contributed by atoms with Gasteiger partial charge in [-0.1, -0.05) is 0 Å². The molecule has 1 aliphatic rings. The van der Waals surface area contributed by atoms with Gasteiger partial charge in [0.1, 0.15) is 11.5 Å². The number of aromatic hydroxyl groups is 2. The van der Waals surface area contributed by atoms with Crippen LogP contribution in [0.2, 0.25) is 0 Å². The Balaban J connectivity index is 2.49. The normalized spacial score (nSPS) is 13.1. The third-order valence-corrected chi connectivity index (χ3v) is 5.78. The molecule has 4 nitrogen and oxygen atoms in total. The number of rotatable bonds is 0. The average Bonchev–Trinajstić information content (AvgIpc) is 2.44. The molecule has 0 aliphatic heterocycles. The lowest BCUT2D eigenvalue weighted by Crippen LogP contribution is -2.22. The van der Waals surface area contributed by atoms with Gasteiger partial charge < -0.3 is 10.2 Å². The van der Waals surface area contributed by atoms with Gasteiger partial charge >= 0.3 is 0 Å². The molecule has 8 heteroatoms. The molecule has 0 fully saturated rings. The second kappa shape index (κ2) is 5.43. The van der Waals surface area contributed by atoms with Gasteiger partial charge in [-0.25, -0.2) is 0 Å². The first kappa shape index (κ1) is 16.2. The summed E-state index contributed by atoms with van der Waals surface area (Å²) in [6, 6.07) is 2.99. The van der Waals surface area contributed by atoms with Gasteiger partial charge in [0.05, 0.1) is 31.2 Å². The lowest BCUT2D eigenvalue weighted by Gasteiger charge is -2.22. The average molecular weight is 556 g/mol. The highest BCUT2D eigenvalue weighted by atomic mass is 79.9. The minimum atomic E-state index is -0.622. The van der Waals surface area contributed by atoms with Crippen LogP contribution in [-0.4, -0.2) is 21.8 Å². The van der Waals surface area contributed by atoms with Crippen LogP contribution in [-0.2, 0) is 0 Å². The third kappa shape index (κ3) is 2.11. The summed E-state index contributed by atoms with van der Waals surface area (Å²) < 4.78 is 1.31. The highest BCUT2D eigenvalue weighted by Gasteiger charge is 2.38. The Morgan fingerprint density at radius 2 is 0.909 bits per heavy atom. The van der Waals surface area contributed by atoms with Crippen molar-refractivity contribution in [3.63, 3.8) is 0 Å². The number of phenolic OH excluding ortho intramolecular Hbond substituents is 2. The Bertz CT molecular complexity index is 820. The molecule has 0 bridgehead atoms. The number of hydrogen-bond acceptors (Lipinski definition) is 4. The Hall–Kier alpha value is -0.700. The van der Waals surface area contributed by atoms with E-state index in [1.165, 1.54) is 12.1 Å². The van der Waals surface area contributed by atoms with Gasteiger partial charge in [0.15, 0.2) is 5.78 Å². The number of carbonyl (C=O) groups is 2. The molecule has 1 aliphatic carbocycles. The van der Waals surface area contributed by atoms with Crippen molar-refractivity contribution in [3.8, 4) is 11.5 Å². The number of carbonyl (C=O) groups excluding carboxylic acids is 2. The molecule has 0 radical (unpaired) electrons. The van der Waals surface area contributed by atoms with Crippen LogP contribution in [0, 0.1) is 0 Å². The van der Waals surface area contributed by atoms with Gasteiger partial charge in [-0.15, -0.1) is 0 Å². The molecule has 0 saturated carbocycles. The van der Waals surface area contributed by atoms with Gasteiger partial charge in [0.25, 0.3) is 0 Å². The number of hydrogen-bond donors (Lipinski definition) is 2. The number of benzene rings is 2. The fraction of sp³-hybridized carbons (Fsp3) is 0. The van der Waals surface area contributed by atoms with Crippen molar-refractivity contribution >= 4 is 75.3 Å². The SMILES string of the molecule is O=C1c2c(Br)cc(Br)c(O)c2C(=O)c2c(O)c(Br)cc(Br)c21. The first-order chi connectivity index (χ1) is 10.3. The van der Waals surface area contributed by atoms with Crippen LogP contribution in [0.1, 0.15) is 31.8 Å². The molecular formula is C14H4Br4O4. The van der Waals surface area contributed by atoms with Crippen LogP contribution in [0.5, 0.6) is 11.5 Å². The third-order valence-electron chi connectivity index (χ3n) is 3.32.